The molecule has 0 unspecified atom stereocenters. The maximum absolute atomic E-state index is 12.0. The van der Waals surface area contributed by atoms with Gasteiger partial charge in [-0.3, -0.25) is 4.79 Å². The molecule has 1 aliphatic heterocycles. The molecule has 0 amide bonds. The number of hydrogen-bond acceptors (Lipinski definition) is 2. The average Bonchev–Trinajstić information content (AvgIpc) is 2.17. The van der Waals surface area contributed by atoms with Gasteiger partial charge in [-0.05, 0) is 38.8 Å². The van der Waals surface area contributed by atoms with Gasteiger partial charge < -0.3 is 10.4 Å². The molecule has 0 bridgehead atoms. The number of halogens is 3. The molecule has 1 heterocycles. The fourth-order valence-corrected chi connectivity index (χ4v) is 2.10. The minimum atomic E-state index is -4.19. The van der Waals surface area contributed by atoms with Crippen LogP contribution in [-0.2, 0) is 4.79 Å². The highest BCUT2D eigenvalue weighted by Crippen LogP contribution is 2.36. The van der Waals surface area contributed by atoms with Crippen molar-refractivity contribution in [2.75, 3.05) is 13.1 Å². The highest BCUT2D eigenvalue weighted by molar-refractivity contribution is 5.74. The number of alkyl halides is 3. The van der Waals surface area contributed by atoms with E-state index in [4.69, 9.17) is 5.11 Å². The first-order valence-corrected chi connectivity index (χ1v) is 5.37. The van der Waals surface area contributed by atoms with Gasteiger partial charge in [0.05, 0.1) is 5.41 Å². The average molecular weight is 239 g/mol. The maximum Gasteiger partial charge on any atom is 0.389 e. The van der Waals surface area contributed by atoms with Crippen molar-refractivity contribution >= 4 is 5.97 Å². The van der Waals surface area contributed by atoms with Crippen molar-refractivity contribution in [3.63, 3.8) is 0 Å². The van der Waals surface area contributed by atoms with E-state index < -0.39 is 24.0 Å². The molecule has 1 aliphatic rings. The van der Waals surface area contributed by atoms with Gasteiger partial charge in [0, 0.05) is 6.42 Å². The van der Waals surface area contributed by atoms with Crippen LogP contribution < -0.4 is 5.32 Å². The molecule has 1 saturated heterocycles. The lowest BCUT2D eigenvalue weighted by Gasteiger charge is -2.33. The van der Waals surface area contributed by atoms with Crippen LogP contribution in [0.3, 0.4) is 0 Å². The van der Waals surface area contributed by atoms with Crippen LogP contribution in [0.25, 0.3) is 0 Å². The van der Waals surface area contributed by atoms with Gasteiger partial charge in [-0.1, -0.05) is 0 Å². The Morgan fingerprint density at radius 2 is 1.88 bits per heavy atom. The van der Waals surface area contributed by atoms with E-state index in [1.165, 1.54) is 0 Å². The largest absolute Gasteiger partial charge is 0.481 e. The molecule has 94 valence electrons. The fraction of sp³-hybridized carbons (Fsp3) is 0.900. The van der Waals surface area contributed by atoms with Crippen LogP contribution in [0.2, 0.25) is 0 Å². The van der Waals surface area contributed by atoms with Crippen LogP contribution in [0.15, 0.2) is 0 Å². The lowest BCUT2D eigenvalue weighted by molar-refractivity contribution is -0.154. The molecule has 0 saturated carbocycles. The van der Waals surface area contributed by atoms with Crippen LogP contribution in [-0.4, -0.2) is 30.3 Å². The number of aliphatic carboxylic acids is 1. The molecule has 0 atom stereocenters. The normalized spacial score (nSPS) is 20.7. The van der Waals surface area contributed by atoms with Crippen molar-refractivity contribution < 1.29 is 23.1 Å². The van der Waals surface area contributed by atoms with E-state index in [2.05, 4.69) is 5.32 Å². The van der Waals surface area contributed by atoms with E-state index in [-0.39, 0.29) is 12.8 Å². The molecule has 1 rings (SSSR count). The molecule has 1 fully saturated rings. The van der Waals surface area contributed by atoms with Gasteiger partial charge in [0.2, 0.25) is 0 Å². The van der Waals surface area contributed by atoms with Gasteiger partial charge in [-0.2, -0.15) is 13.2 Å². The van der Waals surface area contributed by atoms with Crippen LogP contribution in [0.1, 0.15) is 32.1 Å². The van der Waals surface area contributed by atoms with Gasteiger partial charge in [-0.25, -0.2) is 0 Å². The summed E-state index contributed by atoms with van der Waals surface area (Å²) in [7, 11) is 0. The fourth-order valence-electron chi connectivity index (χ4n) is 2.10. The Kier molecular flexibility index (Phi) is 4.18. The number of carboxylic acid groups (broad SMARTS) is 1. The summed E-state index contributed by atoms with van der Waals surface area (Å²) in [6.07, 6.45) is -4.23. The smallest absolute Gasteiger partial charge is 0.389 e. The molecule has 16 heavy (non-hydrogen) atoms. The van der Waals surface area contributed by atoms with E-state index in [0.717, 1.165) is 0 Å². The minimum Gasteiger partial charge on any atom is -0.481 e. The van der Waals surface area contributed by atoms with Crippen molar-refractivity contribution in [1.82, 2.24) is 5.32 Å². The summed E-state index contributed by atoms with van der Waals surface area (Å²) in [5.41, 5.74) is -0.948. The lowest BCUT2D eigenvalue weighted by Crippen LogP contribution is -2.42. The zero-order valence-corrected chi connectivity index (χ0v) is 8.94. The summed E-state index contributed by atoms with van der Waals surface area (Å²) in [5, 5.41) is 12.1. The van der Waals surface area contributed by atoms with Gasteiger partial charge in [0.25, 0.3) is 0 Å². The zero-order valence-electron chi connectivity index (χ0n) is 8.94. The van der Waals surface area contributed by atoms with Gasteiger partial charge in [0.15, 0.2) is 0 Å². The number of carbonyl (C=O) groups is 1. The van der Waals surface area contributed by atoms with Crippen LogP contribution in [0.5, 0.6) is 0 Å². The molecule has 2 N–H and O–H groups in total. The topological polar surface area (TPSA) is 49.3 Å². The molecule has 0 aromatic carbocycles. The second kappa shape index (κ2) is 5.03. The van der Waals surface area contributed by atoms with Crippen LogP contribution in [0.4, 0.5) is 13.2 Å². The molecule has 0 spiro atoms. The zero-order chi connectivity index (χ0) is 12.2. The number of carboxylic acids is 1. The van der Waals surface area contributed by atoms with E-state index in [1.807, 2.05) is 0 Å². The monoisotopic (exact) mass is 239 g/mol. The third-order valence-electron chi connectivity index (χ3n) is 3.13. The summed E-state index contributed by atoms with van der Waals surface area (Å²) < 4.78 is 35.9. The molecular weight excluding hydrogens is 223 g/mol. The van der Waals surface area contributed by atoms with Crippen molar-refractivity contribution in [3.8, 4) is 0 Å². The summed E-state index contributed by atoms with van der Waals surface area (Å²) >= 11 is 0. The maximum atomic E-state index is 12.0. The third-order valence-corrected chi connectivity index (χ3v) is 3.13. The first-order valence-electron chi connectivity index (χ1n) is 5.37. The second-order valence-electron chi connectivity index (χ2n) is 4.30. The lowest BCUT2D eigenvalue weighted by atomic mass is 9.75. The predicted octanol–water partition coefficient (Wildman–Crippen LogP) is 2.17. The van der Waals surface area contributed by atoms with Crippen molar-refractivity contribution in [3.05, 3.63) is 0 Å². The van der Waals surface area contributed by atoms with Gasteiger partial charge in [0.1, 0.15) is 0 Å². The van der Waals surface area contributed by atoms with Gasteiger partial charge in [-0.15, -0.1) is 0 Å². The number of nitrogens with one attached hydrogen (secondary N) is 1. The third kappa shape index (κ3) is 3.66. The van der Waals surface area contributed by atoms with Crippen molar-refractivity contribution in [1.29, 1.82) is 0 Å². The number of piperidine rings is 1. The molecule has 0 radical (unpaired) electrons. The summed E-state index contributed by atoms with van der Waals surface area (Å²) in [5.74, 6) is -0.962. The van der Waals surface area contributed by atoms with Crippen molar-refractivity contribution in [2.45, 2.75) is 38.3 Å². The highest BCUT2D eigenvalue weighted by atomic mass is 19.4. The van der Waals surface area contributed by atoms with E-state index in [0.29, 0.717) is 25.9 Å². The Labute approximate surface area is 92.0 Å². The Bertz CT molecular complexity index is 247. The molecular formula is C10H16F3NO2. The highest BCUT2D eigenvalue weighted by Gasteiger charge is 2.40. The van der Waals surface area contributed by atoms with E-state index in [1.54, 1.807) is 0 Å². The predicted molar refractivity (Wildman–Crippen MR) is 52.1 cm³/mol. The second-order valence-corrected chi connectivity index (χ2v) is 4.30. The molecule has 0 aromatic heterocycles. The number of rotatable bonds is 4. The Morgan fingerprint density at radius 1 is 1.31 bits per heavy atom. The van der Waals surface area contributed by atoms with Crippen LogP contribution in [0, 0.1) is 5.41 Å². The molecule has 3 nitrogen and oxygen atoms in total. The van der Waals surface area contributed by atoms with Crippen LogP contribution >= 0.6 is 0 Å². The molecule has 0 aliphatic carbocycles. The minimum absolute atomic E-state index is 0.101. The Balaban J connectivity index is 2.48. The summed E-state index contributed by atoms with van der Waals surface area (Å²) in [6, 6.07) is 0. The SMILES string of the molecule is O=C(O)C1(CCCC(F)(F)F)CCNCC1. The van der Waals surface area contributed by atoms with Gasteiger partial charge >= 0.3 is 12.1 Å². The van der Waals surface area contributed by atoms with E-state index >= 15 is 0 Å². The quantitative estimate of drug-likeness (QED) is 0.790. The van der Waals surface area contributed by atoms with E-state index in [9.17, 15) is 18.0 Å². The molecule has 0 aromatic rings. The standard InChI is InChI=1S/C10H16F3NO2/c11-10(12,13)3-1-2-9(8(15)16)4-6-14-7-5-9/h14H,1-7H2,(H,15,16). The summed E-state index contributed by atoms with van der Waals surface area (Å²) in [6.45, 7) is 1.14. The number of hydrogen-bond donors (Lipinski definition) is 2. The molecule has 6 heteroatoms. The van der Waals surface area contributed by atoms with Crippen molar-refractivity contribution in [2.24, 2.45) is 5.41 Å². The summed E-state index contributed by atoms with van der Waals surface area (Å²) in [4.78, 5) is 11.1. The Morgan fingerprint density at radius 3 is 2.31 bits per heavy atom. The first-order chi connectivity index (χ1) is 7.36. The Hall–Kier alpha value is -0.780. The first kappa shape index (κ1) is 13.3.